The maximum atomic E-state index is 8.71. The highest BCUT2D eigenvalue weighted by molar-refractivity contribution is 8.00. The summed E-state index contributed by atoms with van der Waals surface area (Å²) in [5.41, 5.74) is 5.57. The van der Waals surface area contributed by atoms with E-state index >= 15 is 0 Å². The summed E-state index contributed by atoms with van der Waals surface area (Å²) in [5.74, 6) is 1.80. The van der Waals surface area contributed by atoms with E-state index in [4.69, 9.17) is 10.8 Å². The topological polar surface area (TPSA) is 72.0 Å². The van der Waals surface area contributed by atoms with Gasteiger partial charge in [-0.3, -0.25) is 0 Å². The number of nitrogens with zero attached hydrogens (tertiary/aromatic N) is 2. The molecule has 1 heterocycles. The monoisotopic (exact) mass is 233 g/mol. The van der Waals surface area contributed by atoms with Gasteiger partial charge in [0.05, 0.1) is 6.61 Å². The Balaban J connectivity index is 2.24. The second-order valence-corrected chi connectivity index (χ2v) is 5.00. The van der Waals surface area contributed by atoms with Gasteiger partial charge in [0.15, 0.2) is 4.34 Å². The summed E-state index contributed by atoms with van der Waals surface area (Å²) in [5, 5.41) is 8.71. The van der Waals surface area contributed by atoms with Crippen molar-refractivity contribution in [2.45, 2.75) is 30.1 Å². The number of hydrogen-bond donors (Lipinski definition) is 2. The molecule has 4 nitrogen and oxygen atoms in total. The number of aliphatic hydroxyl groups is 1. The second-order valence-electron chi connectivity index (χ2n) is 2.91. The minimum atomic E-state index is -0.110. The molecule has 0 aliphatic heterocycles. The van der Waals surface area contributed by atoms with Crippen molar-refractivity contribution in [2.24, 2.45) is 5.73 Å². The van der Waals surface area contributed by atoms with Crippen LogP contribution in [0.3, 0.4) is 0 Å². The van der Waals surface area contributed by atoms with Crippen LogP contribution in [0.25, 0.3) is 0 Å². The van der Waals surface area contributed by atoms with Crippen LogP contribution < -0.4 is 5.73 Å². The van der Waals surface area contributed by atoms with Gasteiger partial charge in [-0.2, -0.15) is 4.37 Å². The molecular formula is C8H15N3OS2. The van der Waals surface area contributed by atoms with Crippen LogP contribution in [0, 0.1) is 0 Å². The number of thioether (sulfide) groups is 1. The lowest BCUT2D eigenvalue weighted by Gasteiger charge is -2.04. The predicted molar refractivity (Wildman–Crippen MR) is 59.7 cm³/mol. The summed E-state index contributed by atoms with van der Waals surface area (Å²) in [4.78, 5) is 4.32. The first-order chi connectivity index (χ1) is 6.76. The average Bonchev–Trinajstić information content (AvgIpc) is 2.65. The molecule has 1 unspecified atom stereocenters. The molecule has 0 aliphatic carbocycles. The molecule has 1 aromatic heterocycles. The van der Waals surface area contributed by atoms with E-state index in [0.717, 1.165) is 28.8 Å². The summed E-state index contributed by atoms with van der Waals surface area (Å²) in [7, 11) is 0. The van der Waals surface area contributed by atoms with Crippen LogP contribution in [0.4, 0.5) is 0 Å². The zero-order valence-corrected chi connectivity index (χ0v) is 9.77. The van der Waals surface area contributed by atoms with Crippen molar-refractivity contribution in [3.8, 4) is 0 Å². The van der Waals surface area contributed by atoms with Crippen molar-refractivity contribution in [3.63, 3.8) is 0 Å². The van der Waals surface area contributed by atoms with Gasteiger partial charge in [-0.15, -0.1) is 0 Å². The van der Waals surface area contributed by atoms with Gasteiger partial charge in [-0.05, 0) is 18.0 Å². The van der Waals surface area contributed by atoms with E-state index in [2.05, 4.69) is 9.36 Å². The minimum absolute atomic E-state index is 0.0525. The van der Waals surface area contributed by atoms with Crippen LogP contribution >= 0.6 is 23.3 Å². The zero-order chi connectivity index (χ0) is 10.4. The van der Waals surface area contributed by atoms with E-state index in [-0.39, 0.29) is 12.6 Å². The highest BCUT2D eigenvalue weighted by atomic mass is 32.2. The van der Waals surface area contributed by atoms with E-state index < -0.39 is 0 Å². The summed E-state index contributed by atoms with van der Waals surface area (Å²) in [6, 6.07) is -0.110. The summed E-state index contributed by atoms with van der Waals surface area (Å²) in [6.07, 6.45) is 1.69. The molecule has 3 N–H and O–H groups in total. The molecule has 0 radical (unpaired) electrons. The number of aryl methyl sites for hydroxylation is 1. The number of nitrogens with two attached hydrogens (primary N) is 1. The molecule has 0 fully saturated rings. The second kappa shape index (κ2) is 6.34. The first kappa shape index (κ1) is 11.9. The Labute approximate surface area is 92.1 Å². The van der Waals surface area contributed by atoms with Crippen LogP contribution in [-0.2, 0) is 6.42 Å². The molecule has 0 bridgehead atoms. The summed E-state index contributed by atoms with van der Waals surface area (Å²) >= 11 is 3.09. The van der Waals surface area contributed by atoms with Crippen molar-refractivity contribution in [1.29, 1.82) is 0 Å². The highest BCUT2D eigenvalue weighted by Crippen LogP contribution is 2.21. The molecular weight excluding hydrogens is 218 g/mol. The van der Waals surface area contributed by atoms with Gasteiger partial charge in [-0.1, -0.05) is 18.7 Å². The van der Waals surface area contributed by atoms with E-state index in [9.17, 15) is 0 Å². The Morgan fingerprint density at radius 3 is 3.00 bits per heavy atom. The number of aromatic nitrogens is 2. The Morgan fingerprint density at radius 2 is 2.43 bits per heavy atom. The minimum Gasteiger partial charge on any atom is -0.395 e. The lowest BCUT2D eigenvalue weighted by atomic mass is 10.3. The Hall–Kier alpha value is -0.170. The summed E-state index contributed by atoms with van der Waals surface area (Å²) in [6.45, 7) is 2.09. The average molecular weight is 233 g/mol. The molecule has 1 atom stereocenters. The van der Waals surface area contributed by atoms with Gasteiger partial charge in [0.1, 0.15) is 5.82 Å². The molecule has 0 aromatic carbocycles. The number of aliphatic hydroxyl groups excluding tert-OH is 1. The summed E-state index contributed by atoms with van der Waals surface area (Å²) < 4.78 is 5.17. The standard InChI is InChI=1S/C8H15N3OS2/c1-2-7-10-8(14-11-7)13-4-3-6(9)5-12/h6,12H,2-5,9H2,1H3. The van der Waals surface area contributed by atoms with Crippen LogP contribution in [0.2, 0.25) is 0 Å². The molecule has 1 aromatic rings. The van der Waals surface area contributed by atoms with Crippen LogP contribution in [-0.4, -0.2) is 32.9 Å². The fourth-order valence-corrected chi connectivity index (χ4v) is 2.67. The van der Waals surface area contributed by atoms with Crippen molar-refractivity contribution < 1.29 is 5.11 Å². The van der Waals surface area contributed by atoms with Crippen LogP contribution in [0.1, 0.15) is 19.2 Å². The van der Waals surface area contributed by atoms with E-state index in [1.165, 1.54) is 11.5 Å². The van der Waals surface area contributed by atoms with E-state index in [0.29, 0.717) is 0 Å². The molecule has 0 aliphatic rings. The largest absolute Gasteiger partial charge is 0.395 e. The maximum absolute atomic E-state index is 8.71. The number of rotatable bonds is 6. The van der Waals surface area contributed by atoms with Crippen molar-refractivity contribution in [1.82, 2.24) is 9.36 Å². The lowest BCUT2D eigenvalue weighted by Crippen LogP contribution is -2.24. The molecule has 80 valence electrons. The van der Waals surface area contributed by atoms with Gasteiger partial charge in [-0.25, -0.2) is 4.98 Å². The Morgan fingerprint density at radius 1 is 1.64 bits per heavy atom. The SMILES string of the molecule is CCc1nsc(SCCC(N)CO)n1. The number of hydrogen-bond acceptors (Lipinski definition) is 6. The first-order valence-electron chi connectivity index (χ1n) is 4.58. The molecule has 0 spiro atoms. The van der Waals surface area contributed by atoms with Gasteiger partial charge in [0.2, 0.25) is 0 Å². The van der Waals surface area contributed by atoms with E-state index in [1.807, 2.05) is 6.92 Å². The van der Waals surface area contributed by atoms with Gasteiger partial charge < -0.3 is 10.8 Å². The van der Waals surface area contributed by atoms with E-state index in [1.54, 1.807) is 11.8 Å². The fraction of sp³-hybridized carbons (Fsp3) is 0.750. The molecule has 1 rings (SSSR count). The normalized spacial score (nSPS) is 13.1. The van der Waals surface area contributed by atoms with Crippen molar-refractivity contribution in [2.75, 3.05) is 12.4 Å². The Kier molecular flexibility index (Phi) is 5.39. The van der Waals surface area contributed by atoms with Gasteiger partial charge in [0.25, 0.3) is 0 Å². The van der Waals surface area contributed by atoms with Crippen LogP contribution in [0.15, 0.2) is 4.34 Å². The van der Waals surface area contributed by atoms with Crippen molar-refractivity contribution >= 4 is 23.3 Å². The molecule has 14 heavy (non-hydrogen) atoms. The highest BCUT2D eigenvalue weighted by Gasteiger charge is 2.04. The smallest absolute Gasteiger partial charge is 0.170 e. The van der Waals surface area contributed by atoms with Crippen LogP contribution in [0.5, 0.6) is 0 Å². The van der Waals surface area contributed by atoms with Gasteiger partial charge >= 0.3 is 0 Å². The molecule has 6 heteroatoms. The Bertz CT molecular complexity index is 267. The lowest BCUT2D eigenvalue weighted by molar-refractivity contribution is 0.264. The third kappa shape index (κ3) is 3.91. The predicted octanol–water partition coefficient (Wildman–Crippen LogP) is 0.902. The maximum Gasteiger partial charge on any atom is 0.170 e. The molecule has 0 saturated heterocycles. The van der Waals surface area contributed by atoms with Gasteiger partial charge in [0, 0.05) is 18.2 Å². The molecule has 0 saturated carbocycles. The first-order valence-corrected chi connectivity index (χ1v) is 6.34. The fourth-order valence-electron chi connectivity index (χ4n) is 0.829. The third-order valence-corrected chi connectivity index (χ3v) is 3.62. The third-order valence-electron chi connectivity index (χ3n) is 1.71. The quantitative estimate of drug-likeness (QED) is 0.714. The van der Waals surface area contributed by atoms with Crippen molar-refractivity contribution in [3.05, 3.63) is 5.82 Å². The zero-order valence-electron chi connectivity index (χ0n) is 8.14. The molecule has 0 amide bonds.